The molecule has 1 heterocycles. The van der Waals surface area contributed by atoms with Gasteiger partial charge in [-0.3, -0.25) is 0 Å². The van der Waals surface area contributed by atoms with Gasteiger partial charge in [-0.15, -0.1) is 0 Å². The zero-order valence-electron chi connectivity index (χ0n) is 12.7. The molecule has 1 aliphatic rings. The van der Waals surface area contributed by atoms with E-state index in [0.717, 1.165) is 29.7 Å². The van der Waals surface area contributed by atoms with Crippen molar-refractivity contribution in [3.05, 3.63) is 11.4 Å². The first-order valence-corrected chi connectivity index (χ1v) is 7.17. The highest BCUT2D eigenvalue weighted by Crippen LogP contribution is 2.36. The van der Waals surface area contributed by atoms with Gasteiger partial charge in [-0.05, 0) is 31.6 Å². The van der Waals surface area contributed by atoms with E-state index in [0.29, 0.717) is 11.7 Å². The van der Waals surface area contributed by atoms with Crippen LogP contribution in [0.3, 0.4) is 0 Å². The molecular formula is C15H26N4. The summed E-state index contributed by atoms with van der Waals surface area (Å²) in [5, 5.41) is 3.46. The lowest BCUT2D eigenvalue weighted by Crippen LogP contribution is -2.21. The van der Waals surface area contributed by atoms with E-state index < -0.39 is 0 Å². The van der Waals surface area contributed by atoms with Crippen LogP contribution < -0.4 is 11.1 Å². The number of nitrogens with one attached hydrogen (secondary N) is 1. The molecule has 0 saturated heterocycles. The predicted octanol–water partition coefficient (Wildman–Crippen LogP) is 3.12. The second-order valence-corrected chi connectivity index (χ2v) is 6.85. The molecule has 1 saturated carbocycles. The van der Waals surface area contributed by atoms with E-state index >= 15 is 0 Å². The average molecular weight is 262 g/mol. The summed E-state index contributed by atoms with van der Waals surface area (Å²) >= 11 is 0. The van der Waals surface area contributed by atoms with E-state index in [4.69, 9.17) is 5.73 Å². The van der Waals surface area contributed by atoms with Crippen LogP contribution in [0.25, 0.3) is 0 Å². The van der Waals surface area contributed by atoms with Crippen LogP contribution in [0, 0.1) is 18.8 Å². The Balaban J connectivity index is 2.15. The average Bonchev–Trinajstić information content (AvgIpc) is 3.13. The Morgan fingerprint density at radius 3 is 2.47 bits per heavy atom. The van der Waals surface area contributed by atoms with Crippen LogP contribution in [0.5, 0.6) is 0 Å². The van der Waals surface area contributed by atoms with E-state index in [1.54, 1.807) is 0 Å². The number of anilines is 2. The Morgan fingerprint density at radius 1 is 1.32 bits per heavy atom. The maximum absolute atomic E-state index is 6.01. The molecule has 0 radical (unpaired) electrons. The molecular weight excluding hydrogens is 236 g/mol. The quantitative estimate of drug-likeness (QED) is 0.875. The Kier molecular flexibility index (Phi) is 3.70. The SMILES string of the molecule is Cc1c(N)nc(C(C)(C)C)nc1NCC(C)C1CC1. The molecule has 4 nitrogen and oxygen atoms in total. The van der Waals surface area contributed by atoms with Gasteiger partial charge in [-0.25, -0.2) is 9.97 Å². The van der Waals surface area contributed by atoms with E-state index in [9.17, 15) is 0 Å². The first-order valence-electron chi connectivity index (χ1n) is 7.17. The molecule has 1 aromatic heterocycles. The fourth-order valence-corrected chi connectivity index (χ4v) is 2.13. The third kappa shape index (κ3) is 3.37. The Hall–Kier alpha value is -1.32. The molecule has 2 rings (SSSR count). The molecule has 0 spiro atoms. The van der Waals surface area contributed by atoms with Crippen LogP contribution in [0.1, 0.15) is 51.9 Å². The highest BCUT2D eigenvalue weighted by Gasteiger charge is 2.28. The van der Waals surface area contributed by atoms with Crippen LogP contribution in [-0.2, 0) is 5.41 Å². The van der Waals surface area contributed by atoms with Crippen molar-refractivity contribution in [1.29, 1.82) is 0 Å². The topological polar surface area (TPSA) is 63.8 Å². The van der Waals surface area contributed by atoms with Gasteiger partial charge in [-0.1, -0.05) is 27.7 Å². The number of nitrogens with zero attached hydrogens (tertiary/aromatic N) is 2. The number of aromatic nitrogens is 2. The largest absolute Gasteiger partial charge is 0.383 e. The molecule has 3 N–H and O–H groups in total. The third-order valence-electron chi connectivity index (χ3n) is 3.87. The summed E-state index contributed by atoms with van der Waals surface area (Å²) in [5.41, 5.74) is 6.88. The fraction of sp³-hybridized carbons (Fsp3) is 0.733. The highest BCUT2D eigenvalue weighted by molar-refractivity contribution is 5.55. The lowest BCUT2D eigenvalue weighted by Gasteiger charge is -2.20. The zero-order valence-corrected chi connectivity index (χ0v) is 12.7. The minimum Gasteiger partial charge on any atom is -0.383 e. The maximum atomic E-state index is 6.01. The first kappa shape index (κ1) is 14.1. The first-order chi connectivity index (χ1) is 8.79. The summed E-state index contributed by atoms with van der Waals surface area (Å²) in [6.45, 7) is 11.6. The Morgan fingerprint density at radius 2 is 1.95 bits per heavy atom. The summed E-state index contributed by atoms with van der Waals surface area (Å²) in [4.78, 5) is 9.06. The number of nitrogens with two attached hydrogens (primary N) is 1. The summed E-state index contributed by atoms with van der Waals surface area (Å²) < 4.78 is 0. The summed E-state index contributed by atoms with van der Waals surface area (Å²) in [5.74, 6) is 3.88. The zero-order chi connectivity index (χ0) is 14.2. The van der Waals surface area contributed by atoms with Gasteiger partial charge >= 0.3 is 0 Å². The van der Waals surface area contributed by atoms with Crippen molar-refractivity contribution < 1.29 is 0 Å². The minimum atomic E-state index is -0.0830. The number of rotatable bonds is 4. The molecule has 19 heavy (non-hydrogen) atoms. The van der Waals surface area contributed by atoms with Gasteiger partial charge in [0.2, 0.25) is 0 Å². The van der Waals surface area contributed by atoms with Crippen molar-refractivity contribution in [1.82, 2.24) is 9.97 Å². The Labute approximate surface area is 116 Å². The minimum absolute atomic E-state index is 0.0830. The van der Waals surface area contributed by atoms with Crippen molar-refractivity contribution in [3.8, 4) is 0 Å². The smallest absolute Gasteiger partial charge is 0.138 e. The van der Waals surface area contributed by atoms with Gasteiger partial charge in [-0.2, -0.15) is 0 Å². The van der Waals surface area contributed by atoms with Gasteiger partial charge in [0.05, 0.1) is 0 Å². The van der Waals surface area contributed by atoms with Crippen LogP contribution in [0.15, 0.2) is 0 Å². The second kappa shape index (κ2) is 4.99. The fourth-order valence-electron chi connectivity index (χ4n) is 2.13. The molecule has 4 heteroatoms. The summed E-state index contributed by atoms with van der Waals surface area (Å²) in [6.07, 6.45) is 2.75. The van der Waals surface area contributed by atoms with E-state index in [2.05, 4.69) is 43.0 Å². The molecule has 0 amide bonds. The van der Waals surface area contributed by atoms with Crippen LogP contribution in [0.4, 0.5) is 11.6 Å². The van der Waals surface area contributed by atoms with Crippen LogP contribution >= 0.6 is 0 Å². The number of nitrogen functional groups attached to an aromatic ring is 1. The van der Waals surface area contributed by atoms with Crippen molar-refractivity contribution in [2.24, 2.45) is 11.8 Å². The third-order valence-corrected chi connectivity index (χ3v) is 3.87. The summed E-state index contributed by atoms with van der Waals surface area (Å²) in [6, 6.07) is 0. The molecule has 0 aromatic carbocycles. The van der Waals surface area contributed by atoms with Gasteiger partial charge in [0.1, 0.15) is 17.5 Å². The lowest BCUT2D eigenvalue weighted by atomic mass is 9.95. The van der Waals surface area contributed by atoms with Crippen LogP contribution in [-0.4, -0.2) is 16.5 Å². The monoisotopic (exact) mass is 262 g/mol. The number of hydrogen-bond donors (Lipinski definition) is 2. The lowest BCUT2D eigenvalue weighted by molar-refractivity contribution is 0.531. The van der Waals surface area contributed by atoms with Crippen molar-refractivity contribution in [2.75, 3.05) is 17.6 Å². The maximum Gasteiger partial charge on any atom is 0.138 e. The number of hydrogen-bond acceptors (Lipinski definition) is 4. The molecule has 1 aromatic rings. The molecule has 1 unspecified atom stereocenters. The van der Waals surface area contributed by atoms with E-state index in [-0.39, 0.29) is 5.41 Å². The van der Waals surface area contributed by atoms with Crippen molar-refractivity contribution in [3.63, 3.8) is 0 Å². The van der Waals surface area contributed by atoms with E-state index in [1.807, 2.05) is 6.92 Å². The molecule has 0 bridgehead atoms. The van der Waals surface area contributed by atoms with E-state index in [1.165, 1.54) is 12.8 Å². The van der Waals surface area contributed by atoms with Gasteiger partial charge in [0.15, 0.2) is 0 Å². The highest BCUT2D eigenvalue weighted by atomic mass is 15.1. The van der Waals surface area contributed by atoms with Crippen LogP contribution in [0.2, 0.25) is 0 Å². The molecule has 1 atom stereocenters. The van der Waals surface area contributed by atoms with Crippen molar-refractivity contribution in [2.45, 2.75) is 52.9 Å². The summed E-state index contributed by atoms with van der Waals surface area (Å²) in [7, 11) is 0. The molecule has 0 aliphatic heterocycles. The normalized spacial score (nSPS) is 17.3. The molecule has 106 valence electrons. The van der Waals surface area contributed by atoms with Gasteiger partial charge < -0.3 is 11.1 Å². The predicted molar refractivity (Wildman–Crippen MR) is 80.3 cm³/mol. The second-order valence-electron chi connectivity index (χ2n) is 6.85. The standard InChI is InChI=1S/C15H26N4/c1-9(11-6-7-11)8-17-13-10(2)12(16)18-14(19-13)15(3,4)5/h9,11H,6-8H2,1-5H3,(H3,16,17,18,19). The van der Waals surface area contributed by atoms with Crippen molar-refractivity contribution >= 4 is 11.6 Å². The van der Waals surface area contributed by atoms with Gasteiger partial charge in [0.25, 0.3) is 0 Å². The molecule has 1 fully saturated rings. The van der Waals surface area contributed by atoms with Gasteiger partial charge in [0, 0.05) is 17.5 Å². The Bertz CT molecular complexity index is 458. The molecule has 1 aliphatic carbocycles.